The molecule has 0 bridgehead atoms. The maximum absolute atomic E-state index is 14.0. The third-order valence-corrected chi connectivity index (χ3v) is 8.09. The van der Waals surface area contributed by atoms with Crippen LogP contribution in [0.3, 0.4) is 0 Å². The molecule has 1 aromatic carbocycles. The minimum absolute atomic E-state index is 0.139. The molecule has 3 aliphatic rings. The van der Waals surface area contributed by atoms with Gasteiger partial charge in [0.15, 0.2) is 0 Å². The van der Waals surface area contributed by atoms with Gasteiger partial charge < -0.3 is 25.6 Å². The normalized spacial score (nSPS) is 21.9. The molecule has 1 aromatic heterocycles. The molecule has 39 heavy (non-hydrogen) atoms. The third-order valence-electron chi connectivity index (χ3n) is 8.09. The van der Waals surface area contributed by atoms with Gasteiger partial charge in [-0.05, 0) is 61.4 Å². The van der Waals surface area contributed by atoms with Crippen LogP contribution in [0.1, 0.15) is 67.0 Å². The van der Waals surface area contributed by atoms with E-state index in [1.54, 1.807) is 6.07 Å². The van der Waals surface area contributed by atoms with Crippen molar-refractivity contribution in [1.29, 1.82) is 0 Å². The summed E-state index contributed by atoms with van der Waals surface area (Å²) in [4.78, 5) is 45.1. The highest BCUT2D eigenvalue weighted by Gasteiger charge is 2.39. The van der Waals surface area contributed by atoms with Crippen LogP contribution in [-0.4, -0.2) is 76.1 Å². The van der Waals surface area contributed by atoms with Crippen LogP contribution in [0.25, 0.3) is 11.1 Å². The first-order valence-electron chi connectivity index (χ1n) is 13.4. The number of fused-ring (bicyclic) bond motifs is 2. The molecule has 2 unspecified atom stereocenters. The lowest BCUT2D eigenvalue weighted by Gasteiger charge is -2.46. The number of hydrogen-bond acceptors (Lipinski definition) is 4. The van der Waals surface area contributed by atoms with E-state index in [1.165, 1.54) is 17.0 Å². The van der Waals surface area contributed by atoms with Gasteiger partial charge in [-0.25, -0.2) is 9.18 Å². The summed E-state index contributed by atoms with van der Waals surface area (Å²) in [6, 6.07) is 3.97. The lowest BCUT2D eigenvalue weighted by molar-refractivity contribution is -0.110. The maximum Gasteiger partial charge on any atom is 0.407 e. The van der Waals surface area contributed by atoms with Crippen LogP contribution < -0.4 is 10.6 Å². The van der Waals surface area contributed by atoms with Gasteiger partial charge in [-0.2, -0.15) is 0 Å². The average Bonchev–Trinajstić information content (AvgIpc) is 3.48. The van der Waals surface area contributed by atoms with E-state index in [0.717, 1.165) is 22.5 Å². The number of nitrogens with one attached hydrogen (secondary N) is 3. The maximum atomic E-state index is 14.0. The third kappa shape index (κ3) is 4.93. The number of anilines is 1. The molecular weight excluding hydrogens is 501 g/mol. The fourth-order valence-corrected chi connectivity index (χ4v) is 6.26. The van der Waals surface area contributed by atoms with E-state index in [0.29, 0.717) is 61.4 Å². The van der Waals surface area contributed by atoms with Crippen molar-refractivity contribution in [3.05, 3.63) is 52.1 Å². The van der Waals surface area contributed by atoms with Gasteiger partial charge in [-0.1, -0.05) is 20.8 Å². The topological polar surface area (TPSA) is 118 Å². The van der Waals surface area contributed by atoms with Crippen LogP contribution in [-0.2, 0) is 11.2 Å². The molecule has 4 N–H and O–H groups in total. The van der Waals surface area contributed by atoms with Crippen LogP contribution in [0, 0.1) is 18.2 Å². The van der Waals surface area contributed by atoms with Gasteiger partial charge in [0.2, 0.25) is 0 Å². The van der Waals surface area contributed by atoms with Crippen molar-refractivity contribution in [3.8, 4) is 0 Å². The van der Waals surface area contributed by atoms with Gasteiger partial charge in [0.05, 0.1) is 17.2 Å². The number of amides is 3. The number of hydrogen-bond donors (Lipinski definition) is 4. The summed E-state index contributed by atoms with van der Waals surface area (Å²) in [5, 5.41) is 15.6. The Morgan fingerprint density at radius 1 is 1.23 bits per heavy atom. The quantitative estimate of drug-likeness (QED) is 0.438. The molecule has 2 atom stereocenters. The van der Waals surface area contributed by atoms with E-state index in [-0.39, 0.29) is 29.3 Å². The van der Waals surface area contributed by atoms with Crippen LogP contribution in [0.15, 0.2) is 18.2 Å². The molecule has 3 heterocycles. The van der Waals surface area contributed by atoms with Crippen molar-refractivity contribution in [2.45, 2.75) is 59.5 Å². The highest BCUT2D eigenvalue weighted by Crippen LogP contribution is 2.44. The van der Waals surface area contributed by atoms with Crippen LogP contribution in [0.2, 0.25) is 0 Å². The molecule has 3 amide bonds. The molecule has 0 saturated carbocycles. The van der Waals surface area contributed by atoms with Crippen molar-refractivity contribution >= 4 is 34.7 Å². The van der Waals surface area contributed by atoms with E-state index in [9.17, 15) is 23.9 Å². The minimum Gasteiger partial charge on any atom is -0.465 e. The second kappa shape index (κ2) is 9.82. The molecule has 1 aliphatic carbocycles. The number of nitrogens with zero attached hydrogens (tertiary/aromatic N) is 2. The van der Waals surface area contributed by atoms with Gasteiger partial charge >= 0.3 is 6.09 Å². The highest BCUT2D eigenvalue weighted by atomic mass is 19.1. The van der Waals surface area contributed by atoms with E-state index in [4.69, 9.17) is 0 Å². The molecule has 0 spiro atoms. The molecule has 2 aliphatic heterocycles. The zero-order chi connectivity index (χ0) is 28.2. The molecule has 1 saturated heterocycles. The first-order chi connectivity index (χ1) is 18.3. The largest absolute Gasteiger partial charge is 0.465 e. The van der Waals surface area contributed by atoms with Gasteiger partial charge in [0.25, 0.3) is 11.8 Å². The van der Waals surface area contributed by atoms with E-state index in [1.807, 2.05) is 34.6 Å². The number of aromatic nitrogens is 1. The molecule has 0 radical (unpaired) electrons. The molecular formula is C29H36FN5O4. The number of carbonyl (C=O) groups excluding carboxylic acids is 2. The second-order valence-electron chi connectivity index (χ2n) is 12.0. The molecule has 2 aromatic rings. The summed E-state index contributed by atoms with van der Waals surface area (Å²) >= 11 is 0. The smallest absolute Gasteiger partial charge is 0.407 e. The Kier molecular flexibility index (Phi) is 6.78. The number of carbonyl (C=O) groups is 3. The monoisotopic (exact) mass is 537 g/mol. The Balaban J connectivity index is 1.32. The molecule has 9 nitrogen and oxygen atoms in total. The van der Waals surface area contributed by atoms with Crippen LogP contribution in [0.5, 0.6) is 0 Å². The summed E-state index contributed by atoms with van der Waals surface area (Å²) in [6.07, 6.45) is 0.293. The number of aromatic amines is 1. The van der Waals surface area contributed by atoms with Crippen LogP contribution in [0.4, 0.5) is 14.9 Å². The predicted octanol–water partition coefficient (Wildman–Crippen LogP) is 4.10. The molecule has 1 fully saturated rings. The summed E-state index contributed by atoms with van der Waals surface area (Å²) in [6.45, 7) is 12.2. The van der Waals surface area contributed by atoms with Crippen molar-refractivity contribution in [3.63, 3.8) is 0 Å². The second-order valence-corrected chi connectivity index (χ2v) is 12.0. The Labute approximate surface area is 227 Å². The summed E-state index contributed by atoms with van der Waals surface area (Å²) in [5.41, 5.74) is 5.14. The van der Waals surface area contributed by atoms with E-state index in [2.05, 4.69) is 20.5 Å². The van der Waals surface area contributed by atoms with Gasteiger partial charge in [0.1, 0.15) is 5.82 Å². The zero-order valence-electron chi connectivity index (χ0n) is 23.1. The van der Waals surface area contributed by atoms with Crippen molar-refractivity contribution in [2.75, 3.05) is 31.5 Å². The van der Waals surface area contributed by atoms with Crippen LogP contribution >= 0.6 is 0 Å². The summed E-state index contributed by atoms with van der Waals surface area (Å²) in [5.74, 6) is -0.846. The van der Waals surface area contributed by atoms with E-state index < -0.39 is 11.9 Å². The Hall–Kier alpha value is -3.66. The van der Waals surface area contributed by atoms with E-state index >= 15 is 0 Å². The average molecular weight is 538 g/mol. The lowest BCUT2D eigenvalue weighted by Crippen LogP contribution is -2.60. The predicted molar refractivity (Wildman–Crippen MR) is 147 cm³/mol. The summed E-state index contributed by atoms with van der Waals surface area (Å²) in [7, 11) is 0. The first-order valence-corrected chi connectivity index (χ1v) is 13.4. The summed E-state index contributed by atoms with van der Waals surface area (Å²) < 4.78 is 14.0. The fourth-order valence-electron chi connectivity index (χ4n) is 6.26. The fraction of sp³-hybridized carbons (Fsp3) is 0.483. The molecule has 10 heteroatoms. The SMILES string of the molecule is Cc1[nH]c2c(c1C(=O)NC(C)CN1CCN(C(=O)O)C(C(C)(C)C)C1)CCC2=C1C(=O)Nc2ccc(F)cc21. The highest BCUT2D eigenvalue weighted by molar-refractivity contribution is 6.37. The number of carboxylic acid groups (broad SMARTS) is 1. The van der Waals surface area contributed by atoms with Gasteiger partial charge in [-0.15, -0.1) is 0 Å². The zero-order valence-corrected chi connectivity index (χ0v) is 23.1. The standard InChI is InChI=1S/C29H36FN5O4/c1-15(13-34-10-11-35(28(38)39)22(14-34)29(3,4)5)31-26(36)23-16(2)32-25-18(23)7-8-19(25)24-20-12-17(30)6-9-21(20)33-27(24)37/h6,9,12,15,22,32H,7-8,10-11,13-14H2,1-5H3,(H,31,36)(H,33,37)(H,38,39). The van der Waals surface area contributed by atoms with Crippen molar-refractivity contribution in [1.82, 2.24) is 20.1 Å². The van der Waals surface area contributed by atoms with Crippen molar-refractivity contribution < 1.29 is 23.9 Å². The number of piperazine rings is 1. The van der Waals surface area contributed by atoms with Gasteiger partial charge in [0, 0.05) is 54.9 Å². The number of allylic oxidation sites excluding steroid dienone is 1. The van der Waals surface area contributed by atoms with Gasteiger partial charge in [-0.3, -0.25) is 14.5 Å². The molecule has 5 rings (SSSR count). The number of rotatable bonds is 4. The first kappa shape index (κ1) is 26.9. The Morgan fingerprint density at radius 3 is 2.67 bits per heavy atom. The molecule has 208 valence electrons. The minimum atomic E-state index is -0.897. The Morgan fingerprint density at radius 2 is 1.97 bits per heavy atom. The number of halogens is 1. The van der Waals surface area contributed by atoms with Crippen molar-refractivity contribution in [2.24, 2.45) is 5.41 Å². The Bertz CT molecular complexity index is 1390. The lowest BCUT2D eigenvalue weighted by atomic mass is 9.84. The number of aryl methyl sites for hydroxylation is 1. The number of benzene rings is 1. The number of H-pyrrole nitrogens is 1.